The Kier molecular flexibility index (Phi) is 5.05. The van der Waals surface area contributed by atoms with Crippen LogP contribution in [0.1, 0.15) is 26.7 Å². The van der Waals surface area contributed by atoms with E-state index in [9.17, 15) is 4.79 Å². The van der Waals surface area contributed by atoms with Crippen LogP contribution in [0.2, 0.25) is 0 Å². The van der Waals surface area contributed by atoms with Crippen LogP contribution in [0.25, 0.3) is 0 Å². The second kappa shape index (κ2) is 6.08. The summed E-state index contributed by atoms with van der Waals surface area (Å²) < 4.78 is 10.2. The second-order valence-corrected chi connectivity index (χ2v) is 3.95. The number of nitrogens with zero attached hydrogens (tertiary/aromatic N) is 1. The molecule has 1 fully saturated rings. The van der Waals surface area contributed by atoms with Crippen LogP contribution in [-0.4, -0.2) is 49.8 Å². The van der Waals surface area contributed by atoms with Gasteiger partial charge >= 0.3 is 5.97 Å². The lowest BCUT2D eigenvalue weighted by atomic mass is 10.2. The Morgan fingerprint density at radius 3 is 2.93 bits per heavy atom. The third kappa shape index (κ3) is 3.18. The summed E-state index contributed by atoms with van der Waals surface area (Å²) >= 11 is 0. The molecule has 0 amide bonds. The van der Waals surface area contributed by atoms with E-state index in [1.54, 1.807) is 7.11 Å². The molecule has 0 aromatic rings. The van der Waals surface area contributed by atoms with Crippen molar-refractivity contribution in [3.05, 3.63) is 0 Å². The Hall–Kier alpha value is -0.610. The van der Waals surface area contributed by atoms with Gasteiger partial charge in [0.25, 0.3) is 0 Å². The lowest BCUT2D eigenvalue weighted by Gasteiger charge is -2.28. The summed E-state index contributed by atoms with van der Waals surface area (Å²) in [6.07, 6.45) is 1.98. The van der Waals surface area contributed by atoms with E-state index in [1.807, 2.05) is 6.92 Å². The summed E-state index contributed by atoms with van der Waals surface area (Å²) in [6.45, 7) is 6.02. The average Bonchev–Trinajstić information content (AvgIpc) is 2.66. The van der Waals surface area contributed by atoms with Crippen LogP contribution in [-0.2, 0) is 14.3 Å². The van der Waals surface area contributed by atoms with Crippen molar-refractivity contribution in [3.63, 3.8) is 0 Å². The van der Waals surface area contributed by atoms with E-state index in [-0.39, 0.29) is 18.1 Å². The minimum Gasteiger partial charge on any atom is -0.465 e. The Balaban J connectivity index is 2.52. The summed E-state index contributed by atoms with van der Waals surface area (Å²) in [6, 6.07) is 0.224. The first-order chi connectivity index (χ1) is 7.20. The largest absolute Gasteiger partial charge is 0.465 e. The van der Waals surface area contributed by atoms with Gasteiger partial charge in [-0.2, -0.15) is 0 Å². The highest BCUT2D eigenvalue weighted by molar-refractivity contribution is 5.76. The first-order valence-corrected chi connectivity index (χ1v) is 5.62. The molecule has 88 valence electrons. The van der Waals surface area contributed by atoms with Gasteiger partial charge in [-0.15, -0.1) is 0 Å². The van der Waals surface area contributed by atoms with E-state index < -0.39 is 0 Å². The van der Waals surface area contributed by atoms with Crippen molar-refractivity contribution in [1.82, 2.24) is 4.90 Å². The highest BCUT2D eigenvalue weighted by Gasteiger charge is 2.34. The minimum atomic E-state index is -0.0852. The van der Waals surface area contributed by atoms with Gasteiger partial charge in [-0.3, -0.25) is 9.69 Å². The van der Waals surface area contributed by atoms with Gasteiger partial charge in [0, 0.05) is 13.2 Å². The van der Waals surface area contributed by atoms with E-state index in [1.165, 1.54) is 0 Å². The smallest absolute Gasteiger partial charge is 0.323 e. The summed E-state index contributed by atoms with van der Waals surface area (Å²) in [5, 5.41) is 0. The number of hydrogen-bond acceptors (Lipinski definition) is 4. The monoisotopic (exact) mass is 215 g/mol. The Morgan fingerprint density at radius 2 is 2.33 bits per heavy atom. The molecule has 1 rings (SSSR count). The molecule has 1 aliphatic rings. The number of rotatable bonds is 5. The molecular formula is C11H21NO3. The van der Waals surface area contributed by atoms with E-state index in [0.29, 0.717) is 13.2 Å². The molecule has 0 aliphatic carbocycles. The van der Waals surface area contributed by atoms with Crippen molar-refractivity contribution in [2.75, 3.05) is 26.9 Å². The molecule has 0 radical (unpaired) electrons. The standard InChI is InChI=1S/C11H21NO3/c1-4-15-11(13)10-6-5-7-12(10)9(2)8-14-3/h9-10H,4-8H2,1-3H3. The zero-order chi connectivity index (χ0) is 11.3. The van der Waals surface area contributed by atoms with Crippen molar-refractivity contribution >= 4 is 5.97 Å². The van der Waals surface area contributed by atoms with Gasteiger partial charge in [-0.05, 0) is 33.2 Å². The van der Waals surface area contributed by atoms with Crippen LogP contribution in [0.4, 0.5) is 0 Å². The van der Waals surface area contributed by atoms with Crippen molar-refractivity contribution in [3.8, 4) is 0 Å². The van der Waals surface area contributed by atoms with E-state index in [0.717, 1.165) is 19.4 Å². The summed E-state index contributed by atoms with van der Waals surface area (Å²) in [5.74, 6) is -0.0852. The third-order valence-corrected chi connectivity index (χ3v) is 2.83. The predicted molar refractivity (Wildman–Crippen MR) is 57.7 cm³/mol. The third-order valence-electron chi connectivity index (χ3n) is 2.83. The minimum absolute atomic E-state index is 0.0601. The van der Waals surface area contributed by atoms with Crippen LogP contribution in [0.15, 0.2) is 0 Å². The fourth-order valence-electron chi connectivity index (χ4n) is 2.15. The number of carbonyl (C=O) groups excluding carboxylic acids is 1. The lowest BCUT2D eigenvalue weighted by molar-refractivity contribution is -0.149. The van der Waals surface area contributed by atoms with Crippen LogP contribution >= 0.6 is 0 Å². The van der Waals surface area contributed by atoms with E-state index >= 15 is 0 Å². The molecule has 1 heterocycles. The summed E-state index contributed by atoms with van der Waals surface area (Å²) in [4.78, 5) is 13.8. The lowest BCUT2D eigenvalue weighted by Crippen LogP contribution is -2.44. The van der Waals surface area contributed by atoms with Gasteiger partial charge in [-0.1, -0.05) is 0 Å². The number of esters is 1. The molecule has 0 aromatic heterocycles. The molecular weight excluding hydrogens is 194 g/mol. The van der Waals surface area contributed by atoms with E-state index in [4.69, 9.17) is 9.47 Å². The number of methoxy groups -OCH3 is 1. The molecule has 4 nitrogen and oxygen atoms in total. The first-order valence-electron chi connectivity index (χ1n) is 5.62. The number of ether oxygens (including phenoxy) is 2. The normalized spacial score (nSPS) is 24.1. The average molecular weight is 215 g/mol. The van der Waals surface area contributed by atoms with Crippen molar-refractivity contribution < 1.29 is 14.3 Å². The highest BCUT2D eigenvalue weighted by atomic mass is 16.5. The van der Waals surface area contributed by atoms with Crippen molar-refractivity contribution in [2.24, 2.45) is 0 Å². The maximum atomic E-state index is 11.7. The van der Waals surface area contributed by atoms with E-state index in [2.05, 4.69) is 11.8 Å². The van der Waals surface area contributed by atoms with Crippen LogP contribution in [0.3, 0.4) is 0 Å². The zero-order valence-electron chi connectivity index (χ0n) is 9.86. The van der Waals surface area contributed by atoms with Gasteiger partial charge in [0.1, 0.15) is 6.04 Å². The second-order valence-electron chi connectivity index (χ2n) is 3.95. The molecule has 0 aromatic carbocycles. The number of carbonyl (C=O) groups is 1. The Bertz CT molecular complexity index is 208. The molecule has 2 atom stereocenters. The first kappa shape index (κ1) is 12.5. The van der Waals surface area contributed by atoms with Crippen molar-refractivity contribution in [2.45, 2.75) is 38.8 Å². The maximum absolute atomic E-state index is 11.7. The Labute approximate surface area is 91.5 Å². The topological polar surface area (TPSA) is 38.8 Å². The predicted octanol–water partition coefficient (Wildman–Crippen LogP) is 1.05. The fourth-order valence-corrected chi connectivity index (χ4v) is 2.15. The zero-order valence-corrected chi connectivity index (χ0v) is 9.86. The number of hydrogen-bond donors (Lipinski definition) is 0. The molecule has 15 heavy (non-hydrogen) atoms. The van der Waals surface area contributed by atoms with Crippen LogP contribution in [0.5, 0.6) is 0 Å². The molecule has 0 saturated carbocycles. The molecule has 0 N–H and O–H groups in total. The summed E-state index contributed by atoms with van der Waals surface area (Å²) in [7, 11) is 1.69. The molecule has 0 bridgehead atoms. The summed E-state index contributed by atoms with van der Waals surface area (Å²) in [5.41, 5.74) is 0. The molecule has 0 spiro atoms. The Morgan fingerprint density at radius 1 is 1.60 bits per heavy atom. The van der Waals surface area contributed by atoms with Gasteiger partial charge in [0.2, 0.25) is 0 Å². The quantitative estimate of drug-likeness (QED) is 0.643. The molecule has 1 saturated heterocycles. The van der Waals surface area contributed by atoms with Gasteiger partial charge in [0.15, 0.2) is 0 Å². The molecule has 4 heteroatoms. The maximum Gasteiger partial charge on any atom is 0.323 e. The molecule has 2 unspecified atom stereocenters. The van der Waals surface area contributed by atoms with Gasteiger partial charge < -0.3 is 9.47 Å². The number of likely N-dealkylation sites (tertiary alicyclic amines) is 1. The van der Waals surface area contributed by atoms with Crippen LogP contribution < -0.4 is 0 Å². The fraction of sp³-hybridized carbons (Fsp3) is 0.909. The van der Waals surface area contributed by atoms with Crippen LogP contribution in [0, 0.1) is 0 Å². The van der Waals surface area contributed by atoms with Gasteiger partial charge in [0.05, 0.1) is 13.2 Å². The highest BCUT2D eigenvalue weighted by Crippen LogP contribution is 2.21. The van der Waals surface area contributed by atoms with Crippen molar-refractivity contribution in [1.29, 1.82) is 0 Å². The molecule has 1 aliphatic heterocycles. The van der Waals surface area contributed by atoms with Gasteiger partial charge in [-0.25, -0.2) is 0 Å². The SMILES string of the molecule is CCOC(=O)C1CCCN1C(C)COC.